The van der Waals surface area contributed by atoms with E-state index in [4.69, 9.17) is 9.84 Å². The Hall–Kier alpha value is -1.09. The topological polar surface area (TPSA) is 46.5 Å². The predicted octanol–water partition coefficient (Wildman–Crippen LogP) is 5.83. The second-order valence-electron chi connectivity index (χ2n) is 8.75. The zero-order valence-corrected chi connectivity index (χ0v) is 17.3. The molecule has 0 amide bonds. The fourth-order valence-electron chi connectivity index (χ4n) is 5.10. The lowest BCUT2D eigenvalue weighted by molar-refractivity contribution is -0.139. The number of hydrogen-bond donors (Lipinski definition) is 1. The van der Waals surface area contributed by atoms with Crippen LogP contribution in [0.4, 0.5) is 0 Å². The molecule has 0 saturated heterocycles. The van der Waals surface area contributed by atoms with Gasteiger partial charge in [0.05, 0.1) is 18.8 Å². The predicted molar refractivity (Wildman–Crippen MR) is 111 cm³/mol. The van der Waals surface area contributed by atoms with Gasteiger partial charge in [-0.15, -0.1) is 0 Å². The lowest BCUT2D eigenvalue weighted by Gasteiger charge is -2.38. The Morgan fingerprint density at radius 2 is 1.56 bits per heavy atom. The maximum absolute atomic E-state index is 11.5. The van der Waals surface area contributed by atoms with Gasteiger partial charge in [-0.2, -0.15) is 0 Å². The molecule has 0 spiro atoms. The molecule has 2 aliphatic rings. The Labute approximate surface area is 166 Å². The molecular formula is C24H40O3. The number of ether oxygens (including phenoxy) is 1. The van der Waals surface area contributed by atoms with Crippen molar-refractivity contribution in [2.24, 2.45) is 23.7 Å². The van der Waals surface area contributed by atoms with Crippen LogP contribution >= 0.6 is 0 Å². The zero-order valence-electron chi connectivity index (χ0n) is 17.3. The first-order valence-electron chi connectivity index (χ1n) is 11.2. The van der Waals surface area contributed by atoms with E-state index < -0.39 is 5.97 Å². The Bertz CT molecular complexity index is 466. The van der Waals surface area contributed by atoms with Crippen LogP contribution in [0.5, 0.6) is 0 Å². The molecule has 2 saturated carbocycles. The van der Waals surface area contributed by atoms with Crippen molar-refractivity contribution in [1.82, 2.24) is 0 Å². The van der Waals surface area contributed by atoms with Crippen molar-refractivity contribution >= 4 is 5.97 Å². The van der Waals surface area contributed by atoms with Gasteiger partial charge in [-0.05, 0) is 82.0 Å². The van der Waals surface area contributed by atoms with Crippen molar-refractivity contribution in [3.8, 4) is 0 Å². The third kappa shape index (κ3) is 7.81. The van der Waals surface area contributed by atoms with Crippen LogP contribution in [0.1, 0.15) is 84.0 Å². The van der Waals surface area contributed by atoms with Crippen LogP contribution in [0.15, 0.2) is 24.3 Å². The first-order chi connectivity index (χ1) is 13.1. The molecule has 0 unspecified atom stereocenters. The van der Waals surface area contributed by atoms with Gasteiger partial charge in [0.2, 0.25) is 0 Å². The van der Waals surface area contributed by atoms with Gasteiger partial charge in [-0.1, -0.05) is 44.4 Å². The van der Waals surface area contributed by atoms with Gasteiger partial charge < -0.3 is 9.84 Å². The van der Waals surface area contributed by atoms with Gasteiger partial charge in [0.25, 0.3) is 0 Å². The SMILES string of the molecule is C=C(CO)C(=O)OCCCC1CCC(C2CCC(CC/C=C/C)CC2)CC1. The van der Waals surface area contributed by atoms with Crippen molar-refractivity contribution in [3.05, 3.63) is 24.3 Å². The smallest absolute Gasteiger partial charge is 0.335 e. The number of rotatable bonds is 10. The Balaban J connectivity index is 1.55. The second kappa shape index (κ2) is 12.4. The fraction of sp³-hybridized carbons (Fsp3) is 0.792. The lowest BCUT2D eigenvalue weighted by Crippen LogP contribution is -2.26. The minimum Gasteiger partial charge on any atom is -0.462 e. The quantitative estimate of drug-likeness (QED) is 0.226. The largest absolute Gasteiger partial charge is 0.462 e. The highest BCUT2D eigenvalue weighted by Gasteiger charge is 2.30. The number of aliphatic hydroxyl groups is 1. The van der Waals surface area contributed by atoms with Crippen molar-refractivity contribution < 1.29 is 14.6 Å². The molecule has 27 heavy (non-hydrogen) atoms. The lowest BCUT2D eigenvalue weighted by atomic mass is 9.68. The van der Waals surface area contributed by atoms with Crippen LogP contribution in [-0.2, 0) is 9.53 Å². The number of carbonyl (C=O) groups is 1. The van der Waals surface area contributed by atoms with Crippen LogP contribution in [0.2, 0.25) is 0 Å². The molecule has 0 aromatic carbocycles. The third-order valence-electron chi connectivity index (χ3n) is 6.90. The summed E-state index contributed by atoms with van der Waals surface area (Å²) in [5.74, 6) is 3.26. The van der Waals surface area contributed by atoms with Gasteiger partial charge in [0, 0.05) is 0 Å². The van der Waals surface area contributed by atoms with Crippen LogP contribution in [-0.4, -0.2) is 24.3 Å². The van der Waals surface area contributed by atoms with Gasteiger partial charge in [0.15, 0.2) is 0 Å². The minimum absolute atomic E-state index is 0.145. The van der Waals surface area contributed by atoms with Gasteiger partial charge in [0.1, 0.15) is 0 Å². The van der Waals surface area contributed by atoms with Crippen LogP contribution in [0, 0.1) is 23.7 Å². The fourth-order valence-corrected chi connectivity index (χ4v) is 5.10. The van der Waals surface area contributed by atoms with Gasteiger partial charge in [-0.25, -0.2) is 4.79 Å². The van der Waals surface area contributed by atoms with E-state index in [0.717, 1.165) is 36.5 Å². The van der Waals surface area contributed by atoms with Gasteiger partial charge in [-0.3, -0.25) is 0 Å². The monoisotopic (exact) mass is 376 g/mol. The highest BCUT2D eigenvalue weighted by Crippen LogP contribution is 2.42. The maximum Gasteiger partial charge on any atom is 0.335 e. The summed E-state index contributed by atoms with van der Waals surface area (Å²) in [6.07, 6.45) is 20.6. The first kappa shape index (κ1) is 22.2. The number of hydrogen-bond acceptors (Lipinski definition) is 3. The van der Waals surface area contributed by atoms with Gasteiger partial charge >= 0.3 is 5.97 Å². The summed E-state index contributed by atoms with van der Waals surface area (Å²) in [6, 6.07) is 0. The molecule has 0 radical (unpaired) electrons. The van der Waals surface area contributed by atoms with E-state index in [0.29, 0.717) is 6.61 Å². The third-order valence-corrected chi connectivity index (χ3v) is 6.90. The van der Waals surface area contributed by atoms with Crippen molar-refractivity contribution in [2.75, 3.05) is 13.2 Å². The molecule has 0 heterocycles. The highest BCUT2D eigenvalue weighted by molar-refractivity contribution is 5.87. The van der Waals surface area contributed by atoms with Crippen LogP contribution in [0.25, 0.3) is 0 Å². The molecule has 3 heteroatoms. The summed E-state index contributed by atoms with van der Waals surface area (Å²) >= 11 is 0. The van der Waals surface area contributed by atoms with E-state index in [1.165, 1.54) is 64.2 Å². The Morgan fingerprint density at radius 1 is 1.00 bits per heavy atom. The van der Waals surface area contributed by atoms with Crippen molar-refractivity contribution in [3.63, 3.8) is 0 Å². The standard InChI is InChI=1S/C24H40O3/c1-3-4-5-7-20-9-13-22(14-10-20)23-15-11-21(12-16-23)8-6-17-27-24(26)19(2)18-25/h3-4,20-23,25H,2,5-18H2,1H3/b4-3+. The summed E-state index contributed by atoms with van der Waals surface area (Å²) in [6.45, 7) is 5.74. The average Bonchev–Trinajstić information content (AvgIpc) is 2.71. The molecule has 2 aliphatic carbocycles. The minimum atomic E-state index is -0.456. The normalized spacial score (nSPS) is 29.0. The van der Waals surface area contributed by atoms with Crippen molar-refractivity contribution in [1.29, 1.82) is 0 Å². The zero-order chi connectivity index (χ0) is 19.5. The summed E-state index contributed by atoms with van der Waals surface area (Å²) in [5, 5.41) is 8.86. The highest BCUT2D eigenvalue weighted by atomic mass is 16.5. The molecule has 0 aliphatic heterocycles. The summed E-state index contributed by atoms with van der Waals surface area (Å²) < 4.78 is 5.14. The van der Waals surface area contributed by atoms with E-state index in [-0.39, 0.29) is 12.2 Å². The number of allylic oxidation sites excluding steroid dienone is 2. The van der Waals surface area contributed by atoms with E-state index in [2.05, 4.69) is 25.7 Å². The van der Waals surface area contributed by atoms with E-state index in [1.807, 2.05) is 0 Å². The summed E-state index contributed by atoms with van der Waals surface area (Å²) in [7, 11) is 0. The van der Waals surface area contributed by atoms with E-state index in [1.54, 1.807) is 0 Å². The molecule has 0 aromatic rings. The summed E-state index contributed by atoms with van der Waals surface area (Å²) in [4.78, 5) is 11.5. The molecule has 0 aromatic heterocycles. The molecule has 2 rings (SSSR count). The maximum atomic E-state index is 11.5. The average molecular weight is 377 g/mol. The van der Waals surface area contributed by atoms with Crippen LogP contribution < -0.4 is 0 Å². The molecule has 0 bridgehead atoms. The second-order valence-corrected chi connectivity index (χ2v) is 8.75. The number of aliphatic hydroxyl groups excluding tert-OH is 1. The van der Waals surface area contributed by atoms with Crippen molar-refractivity contribution in [2.45, 2.75) is 84.0 Å². The Kier molecular flexibility index (Phi) is 10.2. The molecule has 1 N–H and O–H groups in total. The summed E-state index contributed by atoms with van der Waals surface area (Å²) in [5.41, 5.74) is 0.145. The number of carbonyl (C=O) groups excluding carboxylic acids is 1. The number of esters is 1. The molecular weight excluding hydrogens is 336 g/mol. The molecule has 0 atom stereocenters. The van der Waals surface area contributed by atoms with E-state index >= 15 is 0 Å². The molecule has 154 valence electrons. The Morgan fingerprint density at radius 3 is 2.07 bits per heavy atom. The molecule has 2 fully saturated rings. The van der Waals surface area contributed by atoms with Crippen LogP contribution in [0.3, 0.4) is 0 Å². The first-order valence-corrected chi connectivity index (χ1v) is 11.2. The molecule has 3 nitrogen and oxygen atoms in total. The van der Waals surface area contributed by atoms with E-state index in [9.17, 15) is 4.79 Å².